The second-order valence-corrected chi connectivity index (χ2v) is 13.3. The van der Waals surface area contributed by atoms with E-state index < -0.39 is 8.72 Å². The average molecular weight is 681 g/mol. The first kappa shape index (κ1) is 36.5. The second-order valence-electron chi connectivity index (χ2n) is 11.3. The van der Waals surface area contributed by atoms with Crippen LogP contribution in [-0.2, 0) is 51.9 Å². The number of hydrogen-bond acceptors (Lipinski definition) is 12. The van der Waals surface area contributed by atoms with Crippen molar-refractivity contribution < 1.29 is 20.4 Å². The minimum Gasteiger partial charge on any atom is -0.507 e. The van der Waals surface area contributed by atoms with Gasteiger partial charge in [-0.2, -0.15) is 39.6 Å². The van der Waals surface area contributed by atoms with Gasteiger partial charge >= 0.3 is 8.72 Å². The van der Waals surface area contributed by atoms with E-state index in [1.807, 2.05) is 76.2 Å². The number of rotatable bonds is 16. The van der Waals surface area contributed by atoms with E-state index in [0.29, 0.717) is 47.9 Å². The molecule has 4 aromatic carbocycles. The third-order valence-corrected chi connectivity index (χ3v) is 9.76. The van der Waals surface area contributed by atoms with Gasteiger partial charge in [0, 0.05) is 22.3 Å². The molecule has 0 aliphatic heterocycles. The first-order valence-corrected chi connectivity index (χ1v) is 18.3. The minimum atomic E-state index is -4.06. The van der Waals surface area contributed by atoms with Crippen molar-refractivity contribution in [1.82, 2.24) is 0 Å². The van der Waals surface area contributed by atoms with Crippen LogP contribution in [-0.4, -0.2) is 29.1 Å². The van der Waals surface area contributed by atoms with Gasteiger partial charge in [-0.05, 0) is 47.9 Å². The van der Waals surface area contributed by atoms with Gasteiger partial charge in [-0.1, -0.05) is 100 Å². The van der Waals surface area contributed by atoms with Gasteiger partial charge in [0.15, 0.2) is 0 Å². The molecule has 12 nitrogen and oxygen atoms in total. The van der Waals surface area contributed by atoms with Crippen molar-refractivity contribution in [2.75, 3.05) is 0 Å². The van der Waals surface area contributed by atoms with Crippen molar-refractivity contribution in [3.8, 4) is 23.0 Å². The molecule has 13 heteroatoms. The van der Waals surface area contributed by atoms with E-state index in [1.54, 1.807) is 24.3 Å². The molecule has 4 N–H and O–H groups in total. The molecule has 0 bridgehead atoms. The summed E-state index contributed by atoms with van der Waals surface area (Å²) < 4.78 is 18.0. The quantitative estimate of drug-likeness (QED) is 0.0681. The largest absolute Gasteiger partial charge is 0.650 e. The maximum atomic E-state index is 10.7. The number of nitrogens with zero attached hydrogens (tertiary/aromatic N) is 8. The molecule has 0 aliphatic rings. The zero-order valence-corrected chi connectivity index (χ0v) is 29.5. The Hall–Kier alpha value is -5.30. The van der Waals surface area contributed by atoms with Crippen LogP contribution in [0.3, 0.4) is 0 Å². The molecule has 0 fully saturated rings. The Labute approximate surface area is 288 Å². The van der Waals surface area contributed by atoms with Gasteiger partial charge in [0.25, 0.3) is 0 Å². The summed E-state index contributed by atoms with van der Waals surface area (Å²) in [5.74, 6) is 0.574. The maximum Gasteiger partial charge on any atom is 0.650 e. The zero-order valence-electron chi connectivity index (χ0n) is 28.5. The standard InChI is InChI=1S/C36H44N8O4Si/c1-5-25-13-9-17-29(33(25)45)21-37-41-49(42-38-22-30-18-10-14-26(6-2)34(30)46,43-39-23-31-19-11-15-27(7-3)35(31)47)44-40-24-32-20-12-16-28(8-4)36(32)48/h9-20,45-48H,5-8,21-24H2,1-4H3/b41-37+,42-38+,43-39+,44-40+. The number of hydrogen-bond donors (Lipinski definition) is 4. The fraction of sp³-hybridized carbons (Fsp3) is 0.333. The number of benzene rings is 4. The lowest BCUT2D eigenvalue weighted by atomic mass is 10.1. The van der Waals surface area contributed by atoms with Crippen molar-refractivity contribution in [2.45, 2.75) is 79.6 Å². The smallest absolute Gasteiger partial charge is 0.507 e. The molecule has 4 aromatic rings. The van der Waals surface area contributed by atoms with E-state index in [9.17, 15) is 20.4 Å². The van der Waals surface area contributed by atoms with E-state index >= 15 is 0 Å². The summed E-state index contributed by atoms with van der Waals surface area (Å²) >= 11 is 0. The summed E-state index contributed by atoms with van der Waals surface area (Å²) in [6.45, 7) is 7.90. The minimum absolute atomic E-state index is 0.0208. The molecule has 0 atom stereocenters. The van der Waals surface area contributed by atoms with E-state index in [1.165, 1.54) is 0 Å². The van der Waals surface area contributed by atoms with Crippen LogP contribution in [0.2, 0.25) is 0 Å². The Morgan fingerprint density at radius 3 is 0.776 bits per heavy atom. The number of aromatic hydroxyl groups is 4. The fourth-order valence-electron chi connectivity index (χ4n) is 5.18. The lowest BCUT2D eigenvalue weighted by molar-refractivity contribution is 0.461. The molecule has 0 unspecified atom stereocenters. The third kappa shape index (κ3) is 9.41. The summed E-state index contributed by atoms with van der Waals surface area (Å²) in [5.41, 5.74) is 5.42. The fourth-order valence-corrected chi connectivity index (χ4v) is 6.46. The maximum absolute atomic E-state index is 10.7. The number of para-hydroxylation sites is 4. The molecule has 0 spiro atoms. The summed E-state index contributed by atoms with van der Waals surface area (Å²) in [6.07, 6.45) is 2.60. The first-order valence-electron chi connectivity index (χ1n) is 16.5. The molecule has 0 heterocycles. The van der Waals surface area contributed by atoms with Crippen molar-refractivity contribution >= 4 is 8.72 Å². The van der Waals surface area contributed by atoms with E-state index in [0.717, 1.165) is 22.3 Å². The van der Waals surface area contributed by atoms with Gasteiger partial charge in [0.05, 0.1) is 26.2 Å². The predicted molar refractivity (Wildman–Crippen MR) is 190 cm³/mol. The van der Waals surface area contributed by atoms with Crippen LogP contribution < -0.4 is 0 Å². The van der Waals surface area contributed by atoms with Crippen LogP contribution in [0.1, 0.15) is 72.2 Å². The number of phenolic OH excluding ortho intramolecular Hbond substituents is 4. The third-order valence-electron chi connectivity index (χ3n) is 8.12. The van der Waals surface area contributed by atoms with Crippen LogP contribution in [0.4, 0.5) is 0 Å². The molecule has 49 heavy (non-hydrogen) atoms. The highest BCUT2D eigenvalue weighted by Gasteiger charge is 2.40. The highest BCUT2D eigenvalue weighted by molar-refractivity contribution is 6.72. The Bertz CT molecular complexity index is 1580. The van der Waals surface area contributed by atoms with E-state index in [4.69, 9.17) is 0 Å². The van der Waals surface area contributed by atoms with Gasteiger partial charge in [-0.3, -0.25) is 0 Å². The Balaban J connectivity index is 1.77. The molecule has 0 saturated heterocycles. The summed E-state index contributed by atoms with van der Waals surface area (Å²) in [7, 11) is -4.06. The summed E-state index contributed by atoms with van der Waals surface area (Å²) in [5, 5.41) is 60.5. The molecular weight excluding hydrogens is 637 g/mol. The molecule has 4 rings (SSSR count). The molecule has 0 radical (unpaired) electrons. The zero-order chi connectivity index (χ0) is 35.2. The van der Waals surface area contributed by atoms with Gasteiger partial charge in [-0.25, -0.2) is 0 Å². The van der Waals surface area contributed by atoms with Crippen LogP contribution in [0.5, 0.6) is 23.0 Å². The SMILES string of the molecule is CCc1cccc(C/N=N/[Si](/N=N/Cc2cccc(CC)c2O)(/N=N/Cc2cccc(CC)c2O)/N=N/Cc2cccc(CC)c2O)c1O. The summed E-state index contributed by atoms with van der Waals surface area (Å²) in [6, 6.07) is 21.8. The van der Waals surface area contributed by atoms with Crippen LogP contribution >= 0.6 is 0 Å². The lowest BCUT2D eigenvalue weighted by Crippen LogP contribution is -2.24. The van der Waals surface area contributed by atoms with Crippen molar-refractivity contribution in [3.63, 3.8) is 0 Å². The monoisotopic (exact) mass is 680 g/mol. The lowest BCUT2D eigenvalue weighted by Gasteiger charge is -2.10. The van der Waals surface area contributed by atoms with E-state index in [-0.39, 0.29) is 49.2 Å². The van der Waals surface area contributed by atoms with Crippen LogP contribution in [0.25, 0.3) is 0 Å². The van der Waals surface area contributed by atoms with Crippen LogP contribution in [0, 0.1) is 0 Å². The van der Waals surface area contributed by atoms with Gasteiger partial charge in [-0.15, -0.1) is 0 Å². The predicted octanol–water partition coefficient (Wildman–Crippen LogP) is 9.10. The van der Waals surface area contributed by atoms with Gasteiger partial charge < -0.3 is 20.4 Å². The van der Waals surface area contributed by atoms with Crippen LogP contribution in [0.15, 0.2) is 112 Å². The molecule has 256 valence electrons. The normalized spacial score (nSPS) is 12.3. The number of phenols is 4. The van der Waals surface area contributed by atoms with Gasteiger partial charge in [0.1, 0.15) is 23.0 Å². The Morgan fingerprint density at radius 2 is 0.571 bits per heavy atom. The Morgan fingerprint density at radius 1 is 0.367 bits per heavy atom. The van der Waals surface area contributed by atoms with Crippen molar-refractivity contribution in [3.05, 3.63) is 117 Å². The molecule has 0 amide bonds. The van der Waals surface area contributed by atoms with E-state index in [2.05, 4.69) is 39.6 Å². The summed E-state index contributed by atoms with van der Waals surface area (Å²) in [4.78, 5) is 0. The molecular formula is C36H44N8O4Si. The average Bonchev–Trinajstić information content (AvgIpc) is 3.11. The number of aryl methyl sites for hydroxylation is 4. The topological polar surface area (TPSA) is 180 Å². The molecule has 0 aliphatic carbocycles. The first-order chi connectivity index (χ1) is 23.8. The molecule has 0 aromatic heterocycles. The van der Waals surface area contributed by atoms with Crippen molar-refractivity contribution in [1.29, 1.82) is 0 Å². The van der Waals surface area contributed by atoms with Crippen molar-refractivity contribution in [2.24, 2.45) is 39.6 Å². The highest BCUT2D eigenvalue weighted by atomic mass is 28.4. The molecule has 0 saturated carbocycles. The highest BCUT2D eigenvalue weighted by Crippen LogP contribution is 2.29. The Kier molecular flexibility index (Phi) is 13.2. The second kappa shape index (κ2) is 17.7. The van der Waals surface area contributed by atoms with Gasteiger partial charge in [0.2, 0.25) is 0 Å².